The van der Waals surface area contributed by atoms with Crippen LogP contribution in [0.4, 0.5) is 0 Å². The van der Waals surface area contributed by atoms with Gasteiger partial charge in [-0.05, 0) is 61.3 Å². The summed E-state index contributed by atoms with van der Waals surface area (Å²) in [6.07, 6.45) is 4.09. The maximum Gasteiger partial charge on any atom is 0.192 e. The molecular formula is C22H33N7O2S. The number of nitrogens with two attached hydrogens (primary N) is 3. The number of aliphatic imine (C=N–C) groups is 1. The lowest BCUT2D eigenvalue weighted by Gasteiger charge is -2.25. The predicted octanol–water partition coefficient (Wildman–Crippen LogP) is 1.78. The highest BCUT2D eigenvalue weighted by molar-refractivity contribution is 8.02. The summed E-state index contributed by atoms with van der Waals surface area (Å²) < 4.78 is 5.84. The summed E-state index contributed by atoms with van der Waals surface area (Å²) in [5.74, 6) is 1.44. The Morgan fingerprint density at radius 1 is 1.16 bits per heavy atom. The molecule has 1 fully saturated rings. The van der Waals surface area contributed by atoms with Crippen LogP contribution >= 0.6 is 11.8 Å². The van der Waals surface area contributed by atoms with Crippen LogP contribution in [0.2, 0.25) is 0 Å². The van der Waals surface area contributed by atoms with Gasteiger partial charge in [0.1, 0.15) is 23.6 Å². The number of allylic oxidation sites excluding steroid dienone is 1. The van der Waals surface area contributed by atoms with Gasteiger partial charge in [0.05, 0.1) is 11.7 Å². The third-order valence-electron chi connectivity index (χ3n) is 5.95. The lowest BCUT2D eigenvalue weighted by atomic mass is 9.92. The van der Waals surface area contributed by atoms with E-state index >= 15 is 0 Å². The summed E-state index contributed by atoms with van der Waals surface area (Å²) in [7, 11) is 0. The zero-order valence-corrected chi connectivity index (χ0v) is 19.3. The summed E-state index contributed by atoms with van der Waals surface area (Å²) in [6.45, 7) is 4.17. The molecule has 1 unspecified atom stereocenters. The van der Waals surface area contributed by atoms with Gasteiger partial charge in [-0.2, -0.15) is 0 Å². The fraction of sp³-hybridized carbons (Fsp3) is 0.545. The highest BCUT2D eigenvalue weighted by atomic mass is 32.2. The van der Waals surface area contributed by atoms with Crippen LogP contribution in [0.15, 0.2) is 39.5 Å². The van der Waals surface area contributed by atoms with Gasteiger partial charge in [-0.15, -0.1) is 0 Å². The van der Waals surface area contributed by atoms with E-state index in [0.717, 1.165) is 55.9 Å². The summed E-state index contributed by atoms with van der Waals surface area (Å²) in [6, 6.07) is 6.76. The molecule has 0 amide bonds. The van der Waals surface area contributed by atoms with E-state index < -0.39 is 0 Å². The van der Waals surface area contributed by atoms with Crippen molar-refractivity contribution in [3.8, 4) is 5.75 Å². The van der Waals surface area contributed by atoms with Crippen LogP contribution in [-0.2, 0) is 17.9 Å². The third kappa shape index (κ3) is 5.87. The highest BCUT2D eigenvalue weighted by Crippen LogP contribution is 2.27. The zero-order chi connectivity index (χ0) is 22.5. The summed E-state index contributed by atoms with van der Waals surface area (Å²) in [5, 5.41) is 9.16. The molecule has 1 saturated carbocycles. The Morgan fingerprint density at radius 3 is 2.69 bits per heavy atom. The average Bonchev–Trinajstić information content (AvgIpc) is 3.41. The number of nitrogens with zero attached hydrogens (tertiary/aromatic N) is 3. The van der Waals surface area contributed by atoms with E-state index in [1.807, 2.05) is 18.4 Å². The van der Waals surface area contributed by atoms with Crippen molar-refractivity contribution in [3.05, 3.63) is 40.4 Å². The number of ether oxygens (including phenoxy) is 1. The van der Waals surface area contributed by atoms with Crippen LogP contribution in [0.1, 0.15) is 43.7 Å². The maximum atomic E-state index is 6.32. The molecule has 32 heavy (non-hydrogen) atoms. The standard InChI is InChI=1S/C22H33N7O2S/c1-14(20-13-32-22(25)27-20)28-31-9-8-30-19-7-2-15-11-29(12-16(15)10-19)21(24)26-18-5-3-17(23)4-6-18/h2,7,10,13,17-18,22,27H,3-6,8-9,11-12,23,25H2,1H3,(H2,24,26)/b28-14+. The second kappa shape index (κ2) is 10.5. The number of nitrogens with one attached hydrogen (secondary N) is 1. The number of guanidine groups is 1. The highest BCUT2D eigenvalue weighted by Gasteiger charge is 2.23. The number of hydrogen-bond donors (Lipinski definition) is 4. The third-order valence-corrected chi connectivity index (χ3v) is 6.73. The minimum atomic E-state index is -0.123. The van der Waals surface area contributed by atoms with E-state index in [0.29, 0.717) is 31.3 Å². The first kappa shape index (κ1) is 22.8. The van der Waals surface area contributed by atoms with Gasteiger partial charge < -0.3 is 37.0 Å². The largest absolute Gasteiger partial charge is 0.490 e. The smallest absolute Gasteiger partial charge is 0.192 e. The Bertz CT molecular complexity index is 896. The van der Waals surface area contributed by atoms with Crippen LogP contribution < -0.4 is 27.3 Å². The van der Waals surface area contributed by atoms with Gasteiger partial charge in [0.2, 0.25) is 0 Å². The monoisotopic (exact) mass is 459 g/mol. The molecule has 0 bridgehead atoms. The number of benzene rings is 1. The van der Waals surface area contributed by atoms with Crippen molar-refractivity contribution in [2.45, 2.75) is 63.3 Å². The van der Waals surface area contributed by atoms with E-state index in [2.05, 4.69) is 27.5 Å². The van der Waals surface area contributed by atoms with Crippen molar-refractivity contribution < 1.29 is 9.57 Å². The van der Waals surface area contributed by atoms with Crippen molar-refractivity contribution in [1.29, 1.82) is 0 Å². The van der Waals surface area contributed by atoms with Crippen LogP contribution in [0.5, 0.6) is 5.75 Å². The number of thioether (sulfide) groups is 1. The van der Waals surface area contributed by atoms with Crippen molar-refractivity contribution in [2.24, 2.45) is 27.3 Å². The Kier molecular flexibility index (Phi) is 7.44. The lowest BCUT2D eigenvalue weighted by molar-refractivity contribution is 0.107. The molecule has 0 spiro atoms. The molecule has 10 heteroatoms. The van der Waals surface area contributed by atoms with Gasteiger partial charge >= 0.3 is 0 Å². The minimum absolute atomic E-state index is 0.123. The van der Waals surface area contributed by atoms with Crippen molar-refractivity contribution >= 4 is 23.4 Å². The average molecular weight is 460 g/mol. The maximum absolute atomic E-state index is 6.32. The van der Waals surface area contributed by atoms with Gasteiger partial charge in [-0.25, -0.2) is 4.99 Å². The Morgan fingerprint density at radius 2 is 1.94 bits per heavy atom. The van der Waals surface area contributed by atoms with Gasteiger partial charge in [0.15, 0.2) is 12.6 Å². The molecule has 0 radical (unpaired) electrons. The normalized spacial score (nSPS) is 25.9. The van der Waals surface area contributed by atoms with Crippen LogP contribution in [0, 0.1) is 0 Å². The molecule has 0 aromatic heterocycles. The molecular weight excluding hydrogens is 426 g/mol. The predicted molar refractivity (Wildman–Crippen MR) is 129 cm³/mol. The number of fused-ring (bicyclic) bond motifs is 1. The van der Waals surface area contributed by atoms with Crippen LogP contribution in [-0.4, -0.2) is 47.4 Å². The van der Waals surface area contributed by atoms with Gasteiger partial charge in [0, 0.05) is 19.1 Å². The number of oxime groups is 1. The Hall–Kier alpha value is -2.43. The molecule has 1 atom stereocenters. The topological polar surface area (TPSA) is 137 Å². The molecule has 0 saturated heterocycles. The van der Waals surface area contributed by atoms with Crippen molar-refractivity contribution in [3.63, 3.8) is 0 Å². The fourth-order valence-corrected chi connectivity index (χ4v) is 4.78. The summed E-state index contributed by atoms with van der Waals surface area (Å²) >= 11 is 1.52. The van der Waals surface area contributed by atoms with Crippen molar-refractivity contribution in [2.75, 3.05) is 13.2 Å². The molecule has 1 aromatic rings. The first-order valence-corrected chi connectivity index (χ1v) is 12.1. The van der Waals surface area contributed by atoms with Crippen LogP contribution in [0.25, 0.3) is 0 Å². The van der Waals surface area contributed by atoms with Gasteiger partial charge in [-0.1, -0.05) is 23.0 Å². The number of rotatable bonds is 7. The first-order chi connectivity index (χ1) is 15.5. The fourth-order valence-electron chi connectivity index (χ4n) is 4.06. The molecule has 174 valence electrons. The van der Waals surface area contributed by atoms with Gasteiger partial charge in [-0.3, -0.25) is 0 Å². The molecule has 2 heterocycles. The second-order valence-corrected chi connectivity index (χ2v) is 9.45. The van der Waals surface area contributed by atoms with E-state index in [4.69, 9.17) is 31.8 Å². The van der Waals surface area contributed by atoms with Crippen molar-refractivity contribution in [1.82, 2.24) is 10.2 Å². The summed E-state index contributed by atoms with van der Waals surface area (Å²) in [4.78, 5) is 12.3. The van der Waals surface area contributed by atoms with E-state index in [9.17, 15) is 0 Å². The molecule has 2 aliphatic heterocycles. The lowest BCUT2D eigenvalue weighted by Crippen LogP contribution is -2.36. The molecule has 3 aliphatic rings. The molecule has 7 N–H and O–H groups in total. The van der Waals surface area contributed by atoms with E-state index in [1.165, 1.54) is 22.9 Å². The summed E-state index contributed by atoms with van der Waals surface area (Å²) in [5.41, 5.74) is 22.1. The molecule has 9 nitrogen and oxygen atoms in total. The van der Waals surface area contributed by atoms with E-state index in [1.54, 1.807) is 0 Å². The van der Waals surface area contributed by atoms with Crippen LogP contribution in [0.3, 0.4) is 0 Å². The Labute approximate surface area is 193 Å². The molecule has 1 aromatic carbocycles. The molecule has 1 aliphatic carbocycles. The second-order valence-electron chi connectivity index (χ2n) is 8.43. The quantitative estimate of drug-likeness (QED) is 0.210. The number of hydrogen-bond acceptors (Lipinski definition) is 8. The Balaban J connectivity index is 1.22. The van der Waals surface area contributed by atoms with Gasteiger partial charge in [0.25, 0.3) is 0 Å². The molecule has 4 rings (SSSR count). The zero-order valence-electron chi connectivity index (χ0n) is 18.5. The minimum Gasteiger partial charge on any atom is -0.490 e. The first-order valence-electron chi connectivity index (χ1n) is 11.1. The SMILES string of the molecule is C/C(=N\OCCOc1ccc2c(c1)CN(C(N)=NC1CCC(N)CC1)C2)C1=CSC(N)N1. The van der Waals surface area contributed by atoms with E-state index in [-0.39, 0.29) is 5.50 Å².